The molecule has 0 saturated heterocycles. The Hall–Kier alpha value is -2.48. The molecule has 0 atom stereocenters. The number of carboxylic acid groups (broad SMARTS) is 1. The number of hydrogen-bond donors (Lipinski definition) is 2. The highest BCUT2D eigenvalue weighted by molar-refractivity contribution is 7.16. The summed E-state index contributed by atoms with van der Waals surface area (Å²) in [5.41, 5.74) is -0.497. The molecule has 0 radical (unpaired) electrons. The van der Waals surface area contributed by atoms with Crippen molar-refractivity contribution in [2.45, 2.75) is 13.5 Å². The van der Waals surface area contributed by atoms with Gasteiger partial charge in [0, 0.05) is 17.3 Å². The summed E-state index contributed by atoms with van der Waals surface area (Å²) >= 11 is 1.17. The minimum Gasteiger partial charge on any atom is -0.478 e. The van der Waals surface area contributed by atoms with E-state index in [1.165, 1.54) is 35.9 Å². The number of aromatic nitrogens is 2. The first-order chi connectivity index (χ1) is 9.47. The van der Waals surface area contributed by atoms with Gasteiger partial charge in [-0.3, -0.25) is 9.36 Å². The molecule has 0 spiro atoms. The zero-order chi connectivity index (χ0) is 14.7. The van der Waals surface area contributed by atoms with Gasteiger partial charge in [-0.15, -0.1) is 11.3 Å². The van der Waals surface area contributed by atoms with Crippen molar-refractivity contribution in [3.63, 3.8) is 0 Å². The van der Waals surface area contributed by atoms with Crippen LogP contribution in [0.2, 0.25) is 0 Å². The van der Waals surface area contributed by atoms with Crippen LogP contribution >= 0.6 is 11.3 Å². The molecule has 0 aliphatic heterocycles. The van der Waals surface area contributed by atoms with Crippen LogP contribution in [0, 0.1) is 6.92 Å². The van der Waals surface area contributed by atoms with E-state index in [0.29, 0.717) is 0 Å². The molecule has 1 amide bonds. The van der Waals surface area contributed by atoms with Crippen molar-refractivity contribution >= 4 is 28.2 Å². The molecule has 7 nitrogen and oxygen atoms in total. The fraction of sp³-hybridized carbons (Fsp3) is 0.167. The number of nitrogens with zero attached hydrogens (tertiary/aromatic N) is 2. The first-order valence-corrected chi connectivity index (χ1v) is 6.44. The second-order valence-corrected chi connectivity index (χ2v) is 5.24. The van der Waals surface area contributed by atoms with E-state index in [4.69, 9.17) is 5.11 Å². The van der Waals surface area contributed by atoms with Gasteiger partial charge in [-0.2, -0.15) is 0 Å². The number of hydrogen-bond acceptors (Lipinski definition) is 5. The minimum absolute atomic E-state index is 0.0411. The van der Waals surface area contributed by atoms with E-state index in [9.17, 15) is 14.4 Å². The summed E-state index contributed by atoms with van der Waals surface area (Å²) in [6.45, 7) is 1.53. The second-order valence-electron chi connectivity index (χ2n) is 3.98. The van der Waals surface area contributed by atoms with Crippen molar-refractivity contribution in [3.05, 3.63) is 45.5 Å². The van der Waals surface area contributed by atoms with E-state index < -0.39 is 17.6 Å². The SMILES string of the molecule is Cc1cc(C(=O)O)c(NC(=O)Cn2cccnc2=O)s1. The standard InChI is InChI=1S/C12H11N3O4S/c1-7-5-8(11(17)18)10(20-7)14-9(16)6-15-4-2-3-13-12(15)19/h2-5H,6H2,1H3,(H,14,16)(H,17,18). The van der Waals surface area contributed by atoms with Crippen LogP contribution in [0.3, 0.4) is 0 Å². The summed E-state index contributed by atoms with van der Waals surface area (Å²) in [5, 5.41) is 11.8. The molecule has 8 heteroatoms. The molecule has 2 rings (SSSR count). The number of aryl methyl sites for hydroxylation is 1. The number of nitrogens with one attached hydrogen (secondary N) is 1. The number of carbonyl (C=O) groups is 2. The fourth-order valence-electron chi connectivity index (χ4n) is 1.59. The quantitative estimate of drug-likeness (QED) is 0.874. The number of amides is 1. The number of anilines is 1. The Morgan fingerprint density at radius 2 is 2.25 bits per heavy atom. The normalized spacial score (nSPS) is 10.2. The van der Waals surface area contributed by atoms with Gasteiger partial charge in [-0.05, 0) is 19.1 Å². The molecule has 0 aliphatic carbocycles. The summed E-state index contributed by atoms with van der Waals surface area (Å²) in [5.74, 6) is -1.59. The maximum atomic E-state index is 11.8. The van der Waals surface area contributed by atoms with Crippen molar-refractivity contribution in [1.29, 1.82) is 0 Å². The molecule has 104 valence electrons. The number of carbonyl (C=O) groups excluding carboxylic acids is 1. The van der Waals surface area contributed by atoms with Crippen LogP contribution in [0.4, 0.5) is 5.00 Å². The Balaban J connectivity index is 2.15. The van der Waals surface area contributed by atoms with Gasteiger partial charge >= 0.3 is 11.7 Å². The monoisotopic (exact) mass is 293 g/mol. The average molecular weight is 293 g/mol. The maximum Gasteiger partial charge on any atom is 0.347 e. The lowest BCUT2D eigenvalue weighted by molar-refractivity contribution is -0.116. The molecular weight excluding hydrogens is 282 g/mol. The first-order valence-electron chi connectivity index (χ1n) is 5.62. The molecule has 0 aromatic carbocycles. The minimum atomic E-state index is -1.11. The lowest BCUT2D eigenvalue weighted by Gasteiger charge is -2.05. The summed E-state index contributed by atoms with van der Waals surface area (Å²) in [6, 6.07) is 3.02. The number of aromatic carboxylic acids is 1. The molecule has 0 fully saturated rings. The van der Waals surface area contributed by atoms with Gasteiger partial charge in [0.25, 0.3) is 0 Å². The van der Waals surface area contributed by atoms with Crippen molar-refractivity contribution in [1.82, 2.24) is 9.55 Å². The smallest absolute Gasteiger partial charge is 0.347 e. The van der Waals surface area contributed by atoms with E-state index in [1.807, 2.05) is 0 Å². The van der Waals surface area contributed by atoms with Crippen LogP contribution in [0.25, 0.3) is 0 Å². The summed E-state index contributed by atoms with van der Waals surface area (Å²) in [7, 11) is 0. The predicted molar refractivity (Wildman–Crippen MR) is 73.1 cm³/mol. The highest BCUT2D eigenvalue weighted by Gasteiger charge is 2.16. The van der Waals surface area contributed by atoms with Gasteiger partial charge < -0.3 is 10.4 Å². The van der Waals surface area contributed by atoms with Gasteiger partial charge in [0.2, 0.25) is 5.91 Å². The van der Waals surface area contributed by atoms with Gasteiger partial charge in [0.05, 0.1) is 5.56 Å². The Morgan fingerprint density at radius 1 is 1.50 bits per heavy atom. The van der Waals surface area contributed by atoms with Gasteiger partial charge in [-0.1, -0.05) is 0 Å². The molecule has 2 N–H and O–H groups in total. The highest BCUT2D eigenvalue weighted by Crippen LogP contribution is 2.27. The average Bonchev–Trinajstić information content (AvgIpc) is 2.73. The summed E-state index contributed by atoms with van der Waals surface area (Å²) < 4.78 is 1.14. The summed E-state index contributed by atoms with van der Waals surface area (Å²) in [4.78, 5) is 38.5. The maximum absolute atomic E-state index is 11.8. The van der Waals surface area contributed by atoms with Crippen molar-refractivity contribution in [2.24, 2.45) is 0 Å². The van der Waals surface area contributed by atoms with E-state index in [2.05, 4.69) is 10.3 Å². The Bertz CT molecular complexity index is 719. The molecule has 0 saturated carbocycles. The fourth-order valence-corrected chi connectivity index (χ4v) is 2.51. The Morgan fingerprint density at radius 3 is 2.90 bits per heavy atom. The van der Waals surface area contributed by atoms with Crippen LogP contribution in [0.15, 0.2) is 29.3 Å². The number of carboxylic acids is 1. The molecule has 0 unspecified atom stereocenters. The molecule has 2 heterocycles. The van der Waals surface area contributed by atoms with Crippen LogP contribution in [-0.2, 0) is 11.3 Å². The van der Waals surface area contributed by atoms with Crippen molar-refractivity contribution in [2.75, 3.05) is 5.32 Å². The topological polar surface area (TPSA) is 101 Å². The van der Waals surface area contributed by atoms with Gasteiger partial charge in [-0.25, -0.2) is 14.6 Å². The van der Waals surface area contributed by atoms with Crippen molar-refractivity contribution in [3.8, 4) is 0 Å². The lowest BCUT2D eigenvalue weighted by Crippen LogP contribution is -2.28. The van der Waals surface area contributed by atoms with E-state index in [1.54, 1.807) is 6.92 Å². The van der Waals surface area contributed by atoms with Crippen LogP contribution in [0.1, 0.15) is 15.2 Å². The third kappa shape index (κ3) is 3.09. The highest BCUT2D eigenvalue weighted by atomic mass is 32.1. The van der Waals surface area contributed by atoms with Crippen LogP contribution in [0.5, 0.6) is 0 Å². The van der Waals surface area contributed by atoms with E-state index >= 15 is 0 Å². The molecule has 0 bridgehead atoms. The third-order valence-electron chi connectivity index (χ3n) is 2.44. The predicted octanol–water partition coefficient (Wildman–Crippen LogP) is 0.950. The Kier molecular flexibility index (Phi) is 3.94. The van der Waals surface area contributed by atoms with E-state index in [-0.39, 0.29) is 17.1 Å². The molecule has 2 aromatic heterocycles. The number of rotatable bonds is 4. The molecule has 2 aromatic rings. The third-order valence-corrected chi connectivity index (χ3v) is 3.40. The Labute approximate surface area is 117 Å². The van der Waals surface area contributed by atoms with Crippen LogP contribution < -0.4 is 11.0 Å². The molecule has 0 aliphatic rings. The van der Waals surface area contributed by atoms with E-state index in [0.717, 1.165) is 9.44 Å². The summed E-state index contributed by atoms with van der Waals surface area (Å²) in [6.07, 6.45) is 2.77. The number of thiophene rings is 1. The van der Waals surface area contributed by atoms with Gasteiger partial charge in [0.15, 0.2) is 0 Å². The first kappa shape index (κ1) is 13.9. The van der Waals surface area contributed by atoms with Gasteiger partial charge in [0.1, 0.15) is 11.5 Å². The largest absolute Gasteiger partial charge is 0.478 e. The zero-order valence-electron chi connectivity index (χ0n) is 10.5. The zero-order valence-corrected chi connectivity index (χ0v) is 11.3. The van der Waals surface area contributed by atoms with Crippen molar-refractivity contribution < 1.29 is 14.7 Å². The second kappa shape index (κ2) is 5.66. The van der Waals surface area contributed by atoms with Crippen LogP contribution in [-0.4, -0.2) is 26.5 Å². The lowest BCUT2D eigenvalue weighted by atomic mass is 10.3. The molecule has 20 heavy (non-hydrogen) atoms. The molecular formula is C12H11N3O4S.